The summed E-state index contributed by atoms with van der Waals surface area (Å²) < 4.78 is 6.66. The molecule has 0 radical (unpaired) electrons. The minimum atomic E-state index is -0.467. The predicted molar refractivity (Wildman–Crippen MR) is 77.6 cm³/mol. The highest BCUT2D eigenvalue weighted by atomic mass is 16.5. The topological polar surface area (TPSA) is 73.4 Å². The standard InChI is InChI=1S/C14H24N4O2/c1-4-11-16-12(14(19)20-3)13(15)18(11)9-8-17(5-2)10-6-7-10/h10H,4-9,15H2,1-3H3. The van der Waals surface area contributed by atoms with E-state index in [9.17, 15) is 4.79 Å². The molecule has 2 rings (SSSR count). The molecule has 112 valence electrons. The van der Waals surface area contributed by atoms with E-state index >= 15 is 0 Å². The normalized spacial score (nSPS) is 14.8. The summed E-state index contributed by atoms with van der Waals surface area (Å²) in [4.78, 5) is 18.4. The Kier molecular flexibility index (Phi) is 4.65. The Morgan fingerprint density at radius 2 is 2.20 bits per heavy atom. The third-order valence-corrected chi connectivity index (χ3v) is 3.86. The zero-order chi connectivity index (χ0) is 14.7. The van der Waals surface area contributed by atoms with E-state index in [4.69, 9.17) is 10.5 Å². The van der Waals surface area contributed by atoms with Gasteiger partial charge in [-0.1, -0.05) is 13.8 Å². The molecule has 0 atom stereocenters. The number of nitrogen functional groups attached to an aromatic ring is 1. The van der Waals surface area contributed by atoms with Crippen LogP contribution < -0.4 is 5.73 Å². The fraction of sp³-hybridized carbons (Fsp3) is 0.714. The van der Waals surface area contributed by atoms with Crippen LogP contribution >= 0.6 is 0 Å². The molecule has 1 saturated carbocycles. The van der Waals surface area contributed by atoms with Crippen LogP contribution in [0.4, 0.5) is 5.82 Å². The molecule has 0 saturated heterocycles. The molecule has 1 aliphatic rings. The van der Waals surface area contributed by atoms with Crippen LogP contribution in [-0.4, -0.2) is 46.7 Å². The van der Waals surface area contributed by atoms with Crippen LogP contribution in [0.5, 0.6) is 0 Å². The maximum Gasteiger partial charge on any atom is 0.360 e. The summed E-state index contributed by atoms with van der Waals surface area (Å²) in [5, 5.41) is 0. The number of imidazole rings is 1. The number of aromatic nitrogens is 2. The molecule has 0 amide bonds. The lowest BCUT2D eigenvalue weighted by molar-refractivity contribution is 0.0595. The van der Waals surface area contributed by atoms with Gasteiger partial charge in [0, 0.05) is 25.6 Å². The highest BCUT2D eigenvalue weighted by Crippen LogP contribution is 2.26. The van der Waals surface area contributed by atoms with E-state index in [0.29, 0.717) is 5.82 Å². The molecule has 20 heavy (non-hydrogen) atoms. The predicted octanol–water partition coefficient (Wildman–Crippen LogP) is 1.30. The van der Waals surface area contributed by atoms with Crippen molar-refractivity contribution in [2.75, 3.05) is 25.9 Å². The molecular formula is C14H24N4O2. The number of esters is 1. The molecule has 0 bridgehead atoms. The molecule has 6 heteroatoms. The van der Waals surface area contributed by atoms with Crippen LogP contribution in [0.3, 0.4) is 0 Å². The molecule has 0 aromatic carbocycles. The van der Waals surface area contributed by atoms with Crippen LogP contribution in [-0.2, 0) is 17.7 Å². The second kappa shape index (κ2) is 6.26. The van der Waals surface area contributed by atoms with Crippen molar-refractivity contribution in [2.24, 2.45) is 0 Å². The van der Waals surface area contributed by atoms with Gasteiger partial charge in [-0.2, -0.15) is 0 Å². The Morgan fingerprint density at radius 3 is 2.70 bits per heavy atom. The van der Waals surface area contributed by atoms with E-state index in [1.54, 1.807) is 0 Å². The quantitative estimate of drug-likeness (QED) is 0.762. The Hall–Kier alpha value is -1.56. The van der Waals surface area contributed by atoms with Crippen molar-refractivity contribution in [3.63, 3.8) is 0 Å². The summed E-state index contributed by atoms with van der Waals surface area (Å²) >= 11 is 0. The first-order chi connectivity index (χ1) is 9.62. The summed E-state index contributed by atoms with van der Waals surface area (Å²) in [6, 6.07) is 0.731. The van der Waals surface area contributed by atoms with E-state index < -0.39 is 5.97 Å². The van der Waals surface area contributed by atoms with Gasteiger partial charge in [0.15, 0.2) is 5.69 Å². The van der Waals surface area contributed by atoms with Crippen molar-refractivity contribution in [1.29, 1.82) is 0 Å². The number of nitrogens with zero attached hydrogens (tertiary/aromatic N) is 3. The van der Waals surface area contributed by atoms with Crippen LogP contribution in [0, 0.1) is 0 Å². The number of methoxy groups -OCH3 is 1. The van der Waals surface area contributed by atoms with E-state index in [1.165, 1.54) is 20.0 Å². The van der Waals surface area contributed by atoms with Crippen molar-refractivity contribution in [2.45, 2.75) is 45.7 Å². The minimum absolute atomic E-state index is 0.235. The van der Waals surface area contributed by atoms with Crippen molar-refractivity contribution in [3.05, 3.63) is 11.5 Å². The zero-order valence-electron chi connectivity index (χ0n) is 12.6. The lowest BCUT2D eigenvalue weighted by Crippen LogP contribution is -2.30. The zero-order valence-corrected chi connectivity index (χ0v) is 12.6. The van der Waals surface area contributed by atoms with Gasteiger partial charge in [-0.15, -0.1) is 0 Å². The Morgan fingerprint density at radius 1 is 1.50 bits per heavy atom. The Labute approximate surface area is 119 Å². The Balaban J connectivity index is 2.13. The number of aryl methyl sites for hydroxylation is 1. The number of carbonyl (C=O) groups excluding carboxylic acids is 1. The van der Waals surface area contributed by atoms with Gasteiger partial charge in [0.25, 0.3) is 0 Å². The van der Waals surface area contributed by atoms with Gasteiger partial charge in [-0.25, -0.2) is 9.78 Å². The third kappa shape index (κ3) is 2.95. The van der Waals surface area contributed by atoms with Crippen LogP contribution in [0.25, 0.3) is 0 Å². The van der Waals surface area contributed by atoms with Crippen molar-refractivity contribution >= 4 is 11.8 Å². The average molecular weight is 280 g/mol. The number of carbonyl (C=O) groups is 1. The van der Waals surface area contributed by atoms with Crippen molar-refractivity contribution in [3.8, 4) is 0 Å². The second-order valence-electron chi connectivity index (χ2n) is 5.12. The highest BCUT2D eigenvalue weighted by molar-refractivity contribution is 5.92. The molecule has 1 fully saturated rings. The van der Waals surface area contributed by atoms with Gasteiger partial charge in [-0.05, 0) is 19.4 Å². The van der Waals surface area contributed by atoms with Crippen LogP contribution in [0.2, 0.25) is 0 Å². The van der Waals surface area contributed by atoms with Gasteiger partial charge in [0.1, 0.15) is 11.6 Å². The summed E-state index contributed by atoms with van der Waals surface area (Å²) in [6.07, 6.45) is 3.33. The van der Waals surface area contributed by atoms with Gasteiger partial charge in [0.2, 0.25) is 0 Å². The largest absolute Gasteiger partial charge is 0.464 e. The molecule has 1 heterocycles. The minimum Gasteiger partial charge on any atom is -0.464 e. The summed E-state index contributed by atoms with van der Waals surface area (Å²) in [6.45, 7) is 6.94. The lowest BCUT2D eigenvalue weighted by atomic mass is 10.4. The molecule has 0 aliphatic heterocycles. The smallest absolute Gasteiger partial charge is 0.360 e. The van der Waals surface area contributed by atoms with Gasteiger partial charge >= 0.3 is 5.97 Å². The van der Waals surface area contributed by atoms with Gasteiger partial charge < -0.3 is 15.0 Å². The van der Waals surface area contributed by atoms with Gasteiger partial charge in [-0.3, -0.25) is 4.90 Å². The van der Waals surface area contributed by atoms with E-state index in [1.807, 2.05) is 11.5 Å². The third-order valence-electron chi connectivity index (χ3n) is 3.86. The molecule has 0 spiro atoms. The molecule has 1 aromatic rings. The maximum atomic E-state index is 11.6. The lowest BCUT2D eigenvalue weighted by Gasteiger charge is -2.20. The maximum absolute atomic E-state index is 11.6. The summed E-state index contributed by atoms with van der Waals surface area (Å²) in [7, 11) is 1.35. The number of hydrogen-bond donors (Lipinski definition) is 1. The number of hydrogen-bond acceptors (Lipinski definition) is 5. The monoisotopic (exact) mass is 280 g/mol. The average Bonchev–Trinajstić information content (AvgIpc) is 3.24. The summed E-state index contributed by atoms with van der Waals surface area (Å²) in [5.74, 6) is 0.792. The summed E-state index contributed by atoms with van der Waals surface area (Å²) in [5.41, 5.74) is 6.29. The highest BCUT2D eigenvalue weighted by Gasteiger charge is 2.28. The number of rotatable bonds is 7. The molecule has 0 unspecified atom stereocenters. The van der Waals surface area contributed by atoms with E-state index in [-0.39, 0.29) is 5.69 Å². The van der Waals surface area contributed by atoms with Gasteiger partial charge in [0.05, 0.1) is 7.11 Å². The number of anilines is 1. The van der Waals surface area contributed by atoms with E-state index in [2.05, 4.69) is 16.8 Å². The second-order valence-corrected chi connectivity index (χ2v) is 5.12. The first kappa shape index (κ1) is 14.8. The molecule has 2 N–H and O–H groups in total. The fourth-order valence-electron chi connectivity index (χ4n) is 2.55. The van der Waals surface area contributed by atoms with Crippen molar-refractivity contribution < 1.29 is 9.53 Å². The van der Waals surface area contributed by atoms with Crippen molar-refractivity contribution in [1.82, 2.24) is 14.5 Å². The Bertz CT molecular complexity index is 480. The molecular weight excluding hydrogens is 256 g/mol. The molecule has 6 nitrogen and oxygen atoms in total. The van der Waals surface area contributed by atoms with E-state index in [0.717, 1.165) is 37.9 Å². The van der Waals surface area contributed by atoms with Crippen LogP contribution in [0.15, 0.2) is 0 Å². The first-order valence-electron chi connectivity index (χ1n) is 7.29. The van der Waals surface area contributed by atoms with Crippen LogP contribution in [0.1, 0.15) is 43.0 Å². The first-order valence-corrected chi connectivity index (χ1v) is 7.29. The fourth-order valence-corrected chi connectivity index (χ4v) is 2.55. The number of likely N-dealkylation sites (N-methyl/N-ethyl adjacent to an activating group) is 1. The SMILES string of the molecule is CCc1nc(C(=O)OC)c(N)n1CCN(CC)C1CC1. The molecule has 1 aliphatic carbocycles. The molecule has 1 aromatic heterocycles. The number of nitrogens with two attached hydrogens (primary N) is 1. The number of ether oxygens (including phenoxy) is 1.